The number of nitrogens with one attached hydrogen (secondary N) is 1. The number of fused-ring (bicyclic) bond motifs is 1. The summed E-state index contributed by atoms with van der Waals surface area (Å²) >= 11 is 0. The minimum Gasteiger partial charge on any atom is -0.397 e. The van der Waals surface area contributed by atoms with Gasteiger partial charge < -0.3 is 11.1 Å². The molecule has 0 atom stereocenters. The fraction of sp³-hybridized carbons (Fsp3) is 0.278. The number of aryl methyl sites for hydroxylation is 2. The molecule has 5 nitrogen and oxygen atoms in total. The summed E-state index contributed by atoms with van der Waals surface area (Å²) in [7, 11) is -3.47. The Labute approximate surface area is 154 Å². The lowest BCUT2D eigenvalue weighted by Gasteiger charge is -2.09. The Morgan fingerprint density at radius 3 is 2.56 bits per heavy atom. The van der Waals surface area contributed by atoms with Gasteiger partial charge in [0.1, 0.15) is 0 Å². The molecule has 1 amide bonds. The van der Waals surface area contributed by atoms with Gasteiger partial charge in [0.25, 0.3) is 0 Å². The standard InChI is InChI=1S/C18H20N2O3S.ClH/c19-16-6-1-2-7-17(16)20-18(21)10-11-24(22,23)15-9-8-13-4-3-5-14(13)12-15;/h1-2,6-9,12H,3-5,10-11,19H2,(H,20,21);1H. The zero-order valence-electron chi connectivity index (χ0n) is 13.7. The molecule has 0 unspecified atom stereocenters. The van der Waals surface area contributed by atoms with Gasteiger partial charge in [-0.05, 0) is 54.7 Å². The van der Waals surface area contributed by atoms with Crippen molar-refractivity contribution in [2.45, 2.75) is 30.6 Å². The predicted octanol–water partition coefficient (Wildman–Crippen LogP) is 2.98. The van der Waals surface area contributed by atoms with Crippen molar-refractivity contribution in [1.29, 1.82) is 0 Å². The molecule has 0 saturated carbocycles. The Hall–Kier alpha value is -2.05. The number of carbonyl (C=O) groups is 1. The summed E-state index contributed by atoms with van der Waals surface area (Å²) in [6, 6.07) is 12.2. The molecule has 0 radical (unpaired) electrons. The first-order chi connectivity index (χ1) is 11.5. The van der Waals surface area contributed by atoms with Crippen LogP contribution in [0.15, 0.2) is 47.4 Å². The van der Waals surface area contributed by atoms with Crippen molar-refractivity contribution >= 4 is 39.5 Å². The second kappa shape index (κ2) is 7.89. The average Bonchev–Trinajstić information content (AvgIpc) is 3.03. The van der Waals surface area contributed by atoms with E-state index in [4.69, 9.17) is 5.73 Å². The van der Waals surface area contributed by atoms with Crippen LogP contribution in [0.4, 0.5) is 11.4 Å². The molecular formula is C18H21ClN2O3S. The van der Waals surface area contributed by atoms with E-state index in [9.17, 15) is 13.2 Å². The van der Waals surface area contributed by atoms with Gasteiger partial charge in [0.15, 0.2) is 9.84 Å². The van der Waals surface area contributed by atoms with Crippen molar-refractivity contribution in [2.75, 3.05) is 16.8 Å². The summed E-state index contributed by atoms with van der Waals surface area (Å²) in [6.07, 6.45) is 2.90. The van der Waals surface area contributed by atoms with E-state index in [2.05, 4.69) is 5.32 Å². The monoisotopic (exact) mass is 380 g/mol. The van der Waals surface area contributed by atoms with E-state index in [0.29, 0.717) is 16.3 Å². The molecule has 0 heterocycles. The average molecular weight is 381 g/mol. The van der Waals surface area contributed by atoms with Crippen LogP contribution in [0.2, 0.25) is 0 Å². The van der Waals surface area contributed by atoms with Crippen molar-refractivity contribution < 1.29 is 13.2 Å². The summed E-state index contributed by atoms with van der Waals surface area (Å²) in [5, 5.41) is 2.65. The molecule has 134 valence electrons. The molecule has 0 saturated heterocycles. The minimum absolute atomic E-state index is 0. The third-order valence-corrected chi connectivity index (χ3v) is 5.98. The Kier molecular flexibility index (Phi) is 6.08. The molecule has 0 spiro atoms. The van der Waals surface area contributed by atoms with Crippen LogP contribution in [0.3, 0.4) is 0 Å². The van der Waals surface area contributed by atoms with E-state index in [1.807, 2.05) is 6.07 Å². The highest BCUT2D eigenvalue weighted by atomic mass is 35.5. The van der Waals surface area contributed by atoms with Crippen LogP contribution in [0, 0.1) is 0 Å². The summed E-state index contributed by atoms with van der Waals surface area (Å²) in [5.41, 5.74) is 9.05. The van der Waals surface area contributed by atoms with Crippen LogP contribution in [0.1, 0.15) is 24.0 Å². The predicted molar refractivity (Wildman–Crippen MR) is 102 cm³/mol. The lowest BCUT2D eigenvalue weighted by molar-refractivity contribution is -0.115. The van der Waals surface area contributed by atoms with Gasteiger partial charge in [-0.25, -0.2) is 8.42 Å². The zero-order valence-corrected chi connectivity index (χ0v) is 15.3. The molecule has 0 bridgehead atoms. The van der Waals surface area contributed by atoms with Crippen molar-refractivity contribution in [2.24, 2.45) is 0 Å². The Balaban J connectivity index is 0.00000225. The maximum absolute atomic E-state index is 12.5. The normalized spacial score (nSPS) is 13.0. The lowest BCUT2D eigenvalue weighted by atomic mass is 10.1. The number of rotatable bonds is 5. The van der Waals surface area contributed by atoms with Crippen molar-refractivity contribution in [3.8, 4) is 0 Å². The van der Waals surface area contributed by atoms with Gasteiger partial charge in [0.05, 0.1) is 22.0 Å². The smallest absolute Gasteiger partial charge is 0.225 e. The third kappa shape index (κ3) is 4.52. The molecule has 3 N–H and O–H groups in total. The number of nitrogens with two attached hydrogens (primary N) is 1. The largest absolute Gasteiger partial charge is 0.397 e. The van der Waals surface area contributed by atoms with E-state index < -0.39 is 9.84 Å². The van der Waals surface area contributed by atoms with Crippen LogP contribution >= 0.6 is 12.4 Å². The lowest BCUT2D eigenvalue weighted by Crippen LogP contribution is -2.18. The van der Waals surface area contributed by atoms with Crippen LogP contribution in [-0.2, 0) is 27.5 Å². The molecular weight excluding hydrogens is 360 g/mol. The Morgan fingerprint density at radius 1 is 1.08 bits per heavy atom. The van der Waals surface area contributed by atoms with Gasteiger partial charge in [-0.15, -0.1) is 12.4 Å². The molecule has 0 fully saturated rings. The van der Waals surface area contributed by atoms with Crippen molar-refractivity contribution in [1.82, 2.24) is 0 Å². The number of benzene rings is 2. The summed E-state index contributed by atoms with van der Waals surface area (Å²) in [4.78, 5) is 12.3. The highest BCUT2D eigenvalue weighted by molar-refractivity contribution is 7.91. The Bertz CT molecular complexity index is 882. The second-order valence-corrected chi connectivity index (χ2v) is 8.10. The maximum atomic E-state index is 12.5. The van der Waals surface area contributed by atoms with Gasteiger partial charge in [-0.3, -0.25) is 4.79 Å². The van der Waals surface area contributed by atoms with Crippen LogP contribution < -0.4 is 11.1 Å². The number of halogens is 1. The van der Waals surface area contributed by atoms with E-state index in [0.717, 1.165) is 24.8 Å². The number of carbonyl (C=O) groups excluding carboxylic acids is 1. The number of sulfone groups is 1. The number of hydrogen-bond donors (Lipinski definition) is 2. The fourth-order valence-electron chi connectivity index (χ4n) is 2.91. The molecule has 7 heteroatoms. The maximum Gasteiger partial charge on any atom is 0.225 e. The SMILES string of the molecule is Cl.Nc1ccccc1NC(=O)CCS(=O)(=O)c1ccc2c(c1)CCC2. The molecule has 0 aliphatic heterocycles. The van der Waals surface area contributed by atoms with Gasteiger partial charge in [-0.2, -0.15) is 0 Å². The van der Waals surface area contributed by atoms with E-state index in [1.165, 1.54) is 5.56 Å². The first-order valence-electron chi connectivity index (χ1n) is 7.94. The highest BCUT2D eigenvalue weighted by Crippen LogP contribution is 2.25. The van der Waals surface area contributed by atoms with Gasteiger partial charge in [-0.1, -0.05) is 18.2 Å². The summed E-state index contributed by atoms with van der Waals surface area (Å²) in [6.45, 7) is 0. The topological polar surface area (TPSA) is 89.3 Å². The molecule has 0 aromatic heterocycles. The quantitative estimate of drug-likeness (QED) is 0.780. The van der Waals surface area contributed by atoms with Gasteiger partial charge in [0.2, 0.25) is 5.91 Å². The molecule has 25 heavy (non-hydrogen) atoms. The van der Waals surface area contributed by atoms with Crippen LogP contribution in [0.5, 0.6) is 0 Å². The molecule has 1 aliphatic carbocycles. The summed E-state index contributed by atoms with van der Waals surface area (Å²) in [5.74, 6) is -0.581. The molecule has 1 aliphatic rings. The van der Waals surface area contributed by atoms with Crippen molar-refractivity contribution in [3.63, 3.8) is 0 Å². The number of hydrogen-bond acceptors (Lipinski definition) is 4. The zero-order chi connectivity index (χ0) is 17.2. The van der Waals surface area contributed by atoms with E-state index in [-0.39, 0.29) is 30.5 Å². The van der Waals surface area contributed by atoms with Gasteiger partial charge in [0, 0.05) is 6.42 Å². The number of anilines is 2. The van der Waals surface area contributed by atoms with Gasteiger partial charge >= 0.3 is 0 Å². The molecule has 3 rings (SSSR count). The van der Waals surface area contributed by atoms with Crippen LogP contribution in [0.25, 0.3) is 0 Å². The van der Waals surface area contributed by atoms with E-state index in [1.54, 1.807) is 36.4 Å². The first kappa shape index (κ1) is 19.3. The Morgan fingerprint density at radius 2 is 1.80 bits per heavy atom. The fourth-order valence-corrected chi connectivity index (χ4v) is 4.20. The summed E-state index contributed by atoms with van der Waals surface area (Å²) < 4.78 is 24.9. The van der Waals surface area contributed by atoms with Crippen LogP contribution in [-0.4, -0.2) is 20.1 Å². The minimum atomic E-state index is -3.47. The first-order valence-corrected chi connectivity index (χ1v) is 9.60. The third-order valence-electron chi connectivity index (χ3n) is 4.26. The molecule has 2 aromatic carbocycles. The number of nitrogen functional groups attached to an aromatic ring is 1. The molecule has 2 aromatic rings. The highest BCUT2D eigenvalue weighted by Gasteiger charge is 2.20. The van der Waals surface area contributed by atoms with Crippen molar-refractivity contribution in [3.05, 3.63) is 53.6 Å². The number of para-hydroxylation sites is 2. The van der Waals surface area contributed by atoms with E-state index >= 15 is 0 Å². The second-order valence-electron chi connectivity index (χ2n) is 5.99. The number of amides is 1.